The van der Waals surface area contributed by atoms with Crippen LogP contribution in [-0.2, 0) is 11.3 Å². The van der Waals surface area contributed by atoms with E-state index < -0.39 is 5.60 Å². The van der Waals surface area contributed by atoms with Crippen LogP contribution in [0.4, 0.5) is 38.2 Å². The van der Waals surface area contributed by atoms with Crippen molar-refractivity contribution >= 4 is 40.7 Å². The minimum Gasteiger partial charge on any atom is -0.443 e. The molecule has 11 heteroatoms. The molecule has 0 radical (unpaired) electrons. The Morgan fingerprint density at radius 3 is 2.37 bits per heavy atom. The summed E-state index contributed by atoms with van der Waals surface area (Å²) < 4.78 is 5.66. The van der Waals surface area contributed by atoms with E-state index in [1.54, 1.807) is 16.8 Å². The highest BCUT2D eigenvalue weighted by Crippen LogP contribution is 2.41. The van der Waals surface area contributed by atoms with Crippen molar-refractivity contribution in [2.75, 3.05) is 66.8 Å². The highest BCUT2D eigenvalue weighted by Gasteiger charge is 2.39. The molecular weight excluding hydrogens is 544 g/mol. The number of nitrogens with zero attached hydrogens (tertiary/aromatic N) is 7. The van der Waals surface area contributed by atoms with E-state index in [2.05, 4.69) is 44.5 Å². The molecule has 43 heavy (non-hydrogen) atoms. The van der Waals surface area contributed by atoms with Gasteiger partial charge < -0.3 is 24.8 Å². The molecule has 0 saturated carbocycles. The van der Waals surface area contributed by atoms with Gasteiger partial charge in [0.05, 0.1) is 24.0 Å². The van der Waals surface area contributed by atoms with Crippen molar-refractivity contribution in [3.8, 4) is 0 Å². The molecule has 11 nitrogen and oxygen atoms in total. The maximum Gasteiger partial charge on any atom is 0.414 e. The Balaban J connectivity index is 1.18. The molecule has 1 unspecified atom stereocenters. The van der Waals surface area contributed by atoms with Crippen LogP contribution in [0.15, 0.2) is 54.6 Å². The van der Waals surface area contributed by atoms with Crippen LogP contribution in [0.2, 0.25) is 0 Å². The number of nitrogens with one attached hydrogen (secondary N) is 1. The molecule has 3 aliphatic rings. The smallest absolute Gasteiger partial charge is 0.414 e. The lowest BCUT2D eigenvalue weighted by atomic mass is 9.94. The number of aromatic nitrogens is 2. The molecule has 1 N–H and O–H groups in total. The third kappa shape index (κ3) is 5.94. The van der Waals surface area contributed by atoms with Crippen molar-refractivity contribution in [1.29, 1.82) is 0 Å². The van der Waals surface area contributed by atoms with Gasteiger partial charge in [-0.3, -0.25) is 9.80 Å². The van der Waals surface area contributed by atoms with Crippen molar-refractivity contribution in [2.24, 2.45) is 0 Å². The minimum absolute atomic E-state index is 0.117. The number of amides is 3. The predicted octanol–water partition coefficient (Wildman–Crippen LogP) is 5.23. The van der Waals surface area contributed by atoms with E-state index in [1.807, 2.05) is 68.1 Å². The van der Waals surface area contributed by atoms with Crippen LogP contribution in [-0.4, -0.2) is 84.5 Å². The molecule has 4 heterocycles. The third-order valence-electron chi connectivity index (χ3n) is 8.27. The van der Waals surface area contributed by atoms with Gasteiger partial charge in [0, 0.05) is 57.2 Å². The van der Waals surface area contributed by atoms with E-state index in [4.69, 9.17) is 4.74 Å². The van der Waals surface area contributed by atoms with E-state index in [-0.39, 0.29) is 18.2 Å². The first kappa shape index (κ1) is 28.7. The largest absolute Gasteiger partial charge is 0.443 e. The molecule has 226 valence electrons. The van der Waals surface area contributed by atoms with Crippen LogP contribution in [0.3, 0.4) is 0 Å². The number of hydrogen-bond donors (Lipinski definition) is 1. The maximum atomic E-state index is 13.7. The zero-order chi connectivity index (χ0) is 30.3. The second kappa shape index (κ2) is 11.4. The summed E-state index contributed by atoms with van der Waals surface area (Å²) in [6.07, 6.45) is 0.202. The molecular formula is C32H40N8O3. The second-order valence-electron chi connectivity index (χ2n) is 12.5. The topological polar surface area (TPSA) is 97.4 Å². The van der Waals surface area contributed by atoms with E-state index in [9.17, 15) is 9.59 Å². The van der Waals surface area contributed by atoms with Crippen molar-refractivity contribution in [1.82, 2.24) is 20.0 Å². The molecule has 3 aliphatic heterocycles. The molecule has 0 spiro atoms. The van der Waals surface area contributed by atoms with E-state index in [1.165, 1.54) is 5.69 Å². The minimum atomic E-state index is -0.599. The quantitative estimate of drug-likeness (QED) is 0.445. The number of anilines is 5. The third-order valence-corrected chi connectivity index (χ3v) is 8.27. The van der Waals surface area contributed by atoms with Crippen LogP contribution in [0.5, 0.6) is 0 Å². The van der Waals surface area contributed by atoms with Crippen LogP contribution in [0.1, 0.15) is 44.5 Å². The molecule has 1 atom stereocenters. The first-order valence-corrected chi connectivity index (χ1v) is 14.9. The van der Waals surface area contributed by atoms with Crippen molar-refractivity contribution < 1.29 is 14.3 Å². The van der Waals surface area contributed by atoms with Crippen molar-refractivity contribution in [2.45, 2.75) is 45.4 Å². The van der Waals surface area contributed by atoms with E-state index in [0.29, 0.717) is 25.3 Å². The lowest BCUT2D eigenvalue weighted by Crippen LogP contribution is -2.50. The number of rotatable bonds is 4. The van der Waals surface area contributed by atoms with Gasteiger partial charge in [0.1, 0.15) is 11.3 Å². The average molecular weight is 585 g/mol. The SMILES string of the molecule is CN1CCN(c2ccc(Nc3cc4c(nn3)CN(C3CCN(C(=O)OC(C)(C)C)c5ccccc53)C(=O)N4C)cc2)CC1. The van der Waals surface area contributed by atoms with Gasteiger partial charge in [-0.2, -0.15) is 0 Å². The van der Waals surface area contributed by atoms with Crippen LogP contribution in [0, 0.1) is 0 Å². The van der Waals surface area contributed by atoms with Crippen LogP contribution >= 0.6 is 0 Å². The Morgan fingerprint density at radius 2 is 1.65 bits per heavy atom. The normalized spacial score (nSPS) is 19.2. The standard InChI is InChI=1S/C32H40N8O3/c1-32(2,3)43-31(42)39-15-14-27(24-8-6-7-9-26(24)39)40-21-25-28(37(5)30(40)41)20-29(35-34-25)33-22-10-12-23(13-11-22)38-18-16-36(4)17-19-38/h6-13,20,27H,14-19,21H2,1-5H3,(H,33,35). The number of para-hydroxylation sites is 1. The van der Waals surface area contributed by atoms with Gasteiger partial charge in [-0.25, -0.2) is 9.59 Å². The number of urea groups is 1. The number of likely N-dealkylation sites (N-methyl/N-ethyl adjacent to an activating group) is 1. The van der Waals surface area contributed by atoms with Crippen LogP contribution < -0.4 is 20.0 Å². The number of carbonyl (C=O) groups is 2. The summed E-state index contributed by atoms with van der Waals surface area (Å²) in [5.74, 6) is 0.579. The number of hydrogen-bond acceptors (Lipinski definition) is 8. The van der Waals surface area contributed by atoms with Gasteiger partial charge in [0.25, 0.3) is 0 Å². The number of benzene rings is 2. The van der Waals surface area contributed by atoms with Gasteiger partial charge in [0.15, 0.2) is 5.82 Å². The molecule has 1 saturated heterocycles. The molecule has 3 amide bonds. The zero-order valence-electron chi connectivity index (χ0n) is 25.6. The lowest BCUT2D eigenvalue weighted by molar-refractivity contribution is 0.0572. The molecule has 1 fully saturated rings. The number of carbonyl (C=O) groups excluding carboxylic acids is 2. The summed E-state index contributed by atoms with van der Waals surface area (Å²) in [6.45, 7) is 10.5. The average Bonchev–Trinajstić information content (AvgIpc) is 2.99. The highest BCUT2D eigenvalue weighted by molar-refractivity contribution is 5.95. The molecule has 6 rings (SSSR count). The van der Waals surface area contributed by atoms with E-state index in [0.717, 1.165) is 54.5 Å². The predicted molar refractivity (Wildman–Crippen MR) is 168 cm³/mol. The number of fused-ring (bicyclic) bond motifs is 2. The lowest BCUT2D eigenvalue weighted by Gasteiger charge is -2.43. The van der Waals surface area contributed by atoms with Crippen molar-refractivity contribution in [3.05, 3.63) is 65.9 Å². The summed E-state index contributed by atoms with van der Waals surface area (Å²) in [5.41, 5.74) is 4.65. The van der Waals surface area contributed by atoms with Gasteiger partial charge in [-0.1, -0.05) is 18.2 Å². The summed E-state index contributed by atoms with van der Waals surface area (Å²) in [4.78, 5) is 36.6. The first-order chi connectivity index (χ1) is 20.6. The van der Waals surface area contributed by atoms with Crippen LogP contribution in [0.25, 0.3) is 0 Å². The number of piperazine rings is 1. The van der Waals surface area contributed by atoms with Gasteiger partial charge >= 0.3 is 12.1 Å². The molecule has 1 aromatic heterocycles. The molecule has 0 aliphatic carbocycles. The van der Waals surface area contributed by atoms with E-state index >= 15 is 0 Å². The fraction of sp³-hybridized carbons (Fsp3) is 0.438. The van der Waals surface area contributed by atoms with Gasteiger partial charge in [0.2, 0.25) is 0 Å². The fourth-order valence-corrected chi connectivity index (χ4v) is 5.98. The highest BCUT2D eigenvalue weighted by atomic mass is 16.6. The van der Waals surface area contributed by atoms with Crippen molar-refractivity contribution in [3.63, 3.8) is 0 Å². The Bertz CT molecular complexity index is 1500. The number of ether oxygens (including phenoxy) is 1. The maximum absolute atomic E-state index is 13.7. The Kier molecular flexibility index (Phi) is 7.59. The Morgan fingerprint density at radius 1 is 0.930 bits per heavy atom. The molecule has 2 aromatic carbocycles. The fourth-order valence-electron chi connectivity index (χ4n) is 5.98. The Hall–Kier alpha value is -4.38. The monoisotopic (exact) mass is 584 g/mol. The Labute approximate surface area is 253 Å². The molecule has 3 aromatic rings. The van der Waals surface area contributed by atoms with Gasteiger partial charge in [-0.05, 0) is 70.1 Å². The zero-order valence-corrected chi connectivity index (χ0v) is 25.6. The molecule has 0 bridgehead atoms. The summed E-state index contributed by atoms with van der Waals surface area (Å²) in [5, 5.41) is 12.3. The van der Waals surface area contributed by atoms with Gasteiger partial charge in [-0.15, -0.1) is 10.2 Å². The summed E-state index contributed by atoms with van der Waals surface area (Å²) >= 11 is 0. The summed E-state index contributed by atoms with van der Waals surface area (Å²) in [6, 6.07) is 17.6. The second-order valence-corrected chi connectivity index (χ2v) is 12.5. The first-order valence-electron chi connectivity index (χ1n) is 14.9. The summed E-state index contributed by atoms with van der Waals surface area (Å²) in [7, 11) is 3.92.